The molecule has 1 aliphatic rings. The first-order valence-electron chi connectivity index (χ1n) is 7.19. The van der Waals surface area contributed by atoms with Crippen molar-refractivity contribution < 1.29 is 0 Å². The predicted octanol–water partition coefficient (Wildman–Crippen LogP) is 4.84. The quantitative estimate of drug-likeness (QED) is 0.853. The van der Waals surface area contributed by atoms with Gasteiger partial charge in [0, 0.05) is 21.2 Å². The van der Waals surface area contributed by atoms with Crippen LogP contribution in [0.15, 0.2) is 29.2 Å². The molecule has 0 aromatic heterocycles. The zero-order valence-corrected chi connectivity index (χ0v) is 13.6. The van der Waals surface area contributed by atoms with Gasteiger partial charge in [0.1, 0.15) is 0 Å². The second-order valence-corrected chi connectivity index (χ2v) is 7.57. The maximum absolute atomic E-state index is 5.95. The molecule has 0 amide bonds. The topological polar surface area (TPSA) is 12.0 Å². The van der Waals surface area contributed by atoms with Crippen LogP contribution >= 0.6 is 23.4 Å². The van der Waals surface area contributed by atoms with E-state index in [2.05, 4.69) is 38.3 Å². The lowest BCUT2D eigenvalue weighted by molar-refractivity contribution is 0.251. The SMILES string of the molecule is CNC1CCC(C(C)C)CC1Sc1ccc(Cl)cc1. The standard InChI is InChI=1S/C16H24ClNS/c1-11(2)12-4-9-15(18-3)16(10-12)19-14-7-5-13(17)6-8-14/h5-8,11-12,15-16,18H,4,9-10H2,1-3H3. The Morgan fingerprint density at radius 1 is 1.21 bits per heavy atom. The highest BCUT2D eigenvalue weighted by Crippen LogP contribution is 2.39. The van der Waals surface area contributed by atoms with E-state index in [9.17, 15) is 0 Å². The van der Waals surface area contributed by atoms with Crippen LogP contribution in [0.1, 0.15) is 33.1 Å². The van der Waals surface area contributed by atoms with E-state index < -0.39 is 0 Å². The summed E-state index contributed by atoms with van der Waals surface area (Å²) in [4.78, 5) is 1.33. The minimum atomic E-state index is 0.635. The van der Waals surface area contributed by atoms with E-state index in [1.807, 2.05) is 23.9 Å². The molecule has 1 nitrogen and oxygen atoms in total. The van der Waals surface area contributed by atoms with Crippen molar-refractivity contribution in [2.45, 2.75) is 49.3 Å². The van der Waals surface area contributed by atoms with Gasteiger partial charge >= 0.3 is 0 Å². The Kier molecular flexibility index (Phi) is 5.61. The molecule has 1 fully saturated rings. The van der Waals surface area contributed by atoms with Crippen LogP contribution in [0.2, 0.25) is 5.02 Å². The highest BCUT2D eigenvalue weighted by Gasteiger charge is 2.31. The lowest BCUT2D eigenvalue weighted by Gasteiger charge is -2.37. The molecule has 1 saturated carbocycles. The fourth-order valence-corrected chi connectivity index (χ4v) is 4.46. The molecule has 2 rings (SSSR count). The summed E-state index contributed by atoms with van der Waals surface area (Å²) in [7, 11) is 2.09. The van der Waals surface area contributed by atoms with E-state index in [4.69, 9.17) is 11.6 Å². The maximum Gasteiger partial charge on any atom is 0.0406 e. The van der Waals surface area contributed by atoms with Gasteiger partial charge in [0.15, 0.2) is 0 Å². The van der Waals surface area contributed by atoms with Gasteiger partial charge in [-0.3, -0.25) is 0 Å². The van der Waals surface area contributed by atoms with Gasteiger partial charge in [0.05, 0.1) is 0 Å². The number of halogens is 1. The summed E-state index contributed by atoms with van der Waals surface area (Å²) in [5.41, 5.74) is 0. The third kappa shape index (κ3) is 4.14. The van der Waals surface area contributed by atoms with Crippen molar-refractivity contribution >= 4 is 23.4 Å². The number of hydrogen-bond acceptors (Lipinski definition) is 2. The third-order valence-electron chi connectivity index (χ3n) is 4.25. The molecule has 3 heteroatoms. The third-order valence-corrected chi connectivity index (χ3v) is 5.87. The van der Waals surface area contributed by atoms with E-state index in [0.29, 0.717) is 11.3 Å². The molecule has 0 aliphatic heterocycles. The zero-order valence-electron chi connectivity index (χ0n) is 12.0. The van der Waals surface area contributed by atoms with Crippen LogP contribution in [0.3, 0.4) is 0 Å². The van der Waals surface area contributed by atoms with Crippen LogP contribution in [-0.2, 0) is 0 Å². The summed E-state index contributed by atoms with van der Waals surface area (Å²) < 4.78 is 0. The molecule has 1 aliphatic carbocycles. The molecule has 0 radical (unpaired) electrons. The first-order chi connectivity index (χ1) is 9.10. The van der Waals surface area contributed by atoms with Gasteiger partial charge in [-0.25, -0.2) is 0 Å². The molecule has 19 heavy (non-hydrogen) atoms. The van der Waals surface area contributed by atoms with Crippen molar-refractivity contribution in [3.05, 3.63) is 29.3 Å². The highest BCUT2D eigenvalue weighted by molar-refractivity contribution is 8.00. The van der Waals surface area contributed by atoms with E-state index >= 15 is 0 Å². The molecule has 0 spiro atoms. The fraction of sp³-hybridized carbons (Fsp3) is 0.625. The molecule has 0 heterocycles. The Morgan fingerprint density at radius 3 is 2.47 bits per heavy atom. The number of benzene rings is 1. The van der Waals surface area contributed by atoms with Gasteiger partial charge in [-0.1, -0.05) is 25.4 Å². The molecule has 1 N–H and O–H groups in total. The van der Waals surface area contributed by atoms with Crippen molar-refractivity contribution in [3.63, 3.8) is 0 Å². The Labute approximate surface area is 126 Å². The number of nitrogens with one attached hydrogen (secondary N) is 1. The molecule has 1 aromatic carbocycles. The fourth-order valence-electron chi connectivity index (χ4n) is 2.91. The number of thioether (sulfide) groups is 1. The summed E-state index contributed by atoms with van der Waals surface area (Å²) in [6.07, 6.45) is 3.97. The molecule has 0 saturated heterocycles. The lowest BCUT2D eigenvalue weighted by Crippen LogP contribution is -2.41. The molecule has 0 bridgehead atoms. The largest absolute Gasteiger partial charge is 0.316 e. The molecule has 106 valence electrons. The minimum Gasteiger partial charge on any atom is -0.316 e. The first kappa shape index (κ1) is 15.2. The first-order valence-corrected chi connectivity index (χ1v) is 8.45. The Bertz CT molecular complexity index is 390. The minimum absolute atomic E-state index is 0.635. The van der Waals surface area contributed by atoms with Crippen molar-refractivity contribution in [2.75, 3.05) is 7.05 Å². The molecular formula is C16H24ClNS. The Balaban J connectivity index is 2.03. The predicted molar refractivity (Wildman–Crippen MR) is 86.1 cm³/mol. The van der Waals surface area contributed by atoms with Crippen molar-refractivity contribution in [1.29, 1.82) is 0 Å². The Hall–Kier alpha value is -0.180. The molecule has 3 unspecified atom stereocenters. The second-order valence-electron chi connectivity index (χ2n) is 5.82. The smallest absolute Gasteiger partial charge is 0.0406 e. The maximum atomic E-state index is 5.95. The van der Waals surface area contributed by atoms with Crippen molar-refractivity contribution in [2.24, 2.45) is 11.8 Å². The van der Waals surface area contributed by atoms with Gasteiger partial charge in [0.2, 0.25) is 0 Å². The van der Waals surface area contributed by atoms with E-state index in [-0.39, 0.29) is 0 Å². The van der Waals surface area contributed by atoms with Crippen LogP contribution in [0, 0.1) is 11.8 Å². The normalized spacial score (nSPS) is 27.7. The number of hydrogen-bond donors (Lipinski definition) is 1. The summed E-state index contributed by atoms with van der Waals surface area (Å²) >= 11 is 7.96. The Morgan fingerprint density at radius 2 is 1.89 bits per heavy atom. The van der Waals surface area contributed by atoms with E-state index in [1.54, 1.807) is 0 Å². The van der Waals surface area contributed by atoms with Gasteiger partial charge < -0.3 is 5.32 Å². The highest BCUT2D eigenvalue weighted by atomic mass is 35.5. The van der Waals surface area contributed by atoms with Crippen LogP contribution < -0.4 is 5.32 Å². The van der Waals surface area contributed by atoms with Crippen LogP contribution in [0.25, 0.3) is 0 Å². The van der Waals surface area contributed by atoms with Crippen LogP contribution in [0.5, 0.6) is 0 Å². The summed E-state index contributed by atoms with van der Waals surface area (Å²) in [5, 5.41) is 4.99. The number of rotatable bonds is 4. The van der Waals surface area contributed by atoms with Crippen molar-refractivity contribution in [3.8, 4) is 0 Å². The van der Waals surface area contributed by atoms with E-state index in [0.717, 1.165) is 16.9 Å². The second kappa shape index (κ2) is 7.01. The van der Waals surface area contributed by atoms with Crippen molar-refractivity contribution in [1.82, 2.24) is 5.32 Å². The average molecular weight is 298 g/mol. The van der Waals surface area contributed by atoms with Gasteiger partial charge in [-0.2, -0.15) is 0 Å². The van der Waals surface area contributed by atoms with Gasteiger partial charge in [0.25, 0.3) is 0 Å². The zero-order chi connectivity index (χ0) is 13.8. The van der Waals surface area contributed by atoms with Crippen LogP contribution in [-0.4, -0.2) is 18.3 Å². The lowest BCUT2D eigenvalue weighted by atomic mass is 9.79. The van der Waals surface area contributed by atoms with Crippen LogP contribution in [0.4, 0.5) is 0 Å². The van der Waals surface area contributed by atoms with Gasteiger partial charge in [-0.05, 0) is 62.4 Å². The molecular weight excluding hydrogens is 274 g/mol. The van der Waals surface area contributed by atoms with Gasteiger partial charge in [-0.15, -0.1) is 11.8 Å². The average Bonchev–Trinajstić information content (AvgIpc) is 2.41. The summed E-state index contributed by atoms with van der Waals surface area (Å²) in [6, 6.07) is 8.88. The summed E-state index contributed by atoms with van der Waals surface area (Å²) in [6.45, 7) is 4.71. The molecule has 3 atom stereocenters. The summed E-state index contributed by atoms with van der Waals surface area (Å²) in [5.74, 6) is 1.67. The monoisotopic (exact) mass is 297 g/mol. The van der Waals surface area contributed by atoms with E-state index in [1.165, 1.54) is 24.2 Å². The molecule has 1 aromatic rings.